The highest BCUT2D eigenvalue weighted by Gasteiger charge is 2.39. The Balaban J connectivity index is 2.10. The third-order valence-corrected chi connectivity index (χ3v) is 5.10. The van der Waals surface area contributed by atoms with E-state index in [1.54, 1.807) is 18.0 Å². The molecular weight excluding hydrogens is 307 g/mol. The van der Waals surface area contributed by atoms with Crippen molar-refractivity contribution in [2.45, 2.75) is 44.7 Å². The fourth-order valence-corrected chi connectivity index (χ4v) is 3.54. The minimum absolute atomic E-state index is 0.00917. The molecule has 2 N–H and O–H groups in total. The number of carbonyl (C=O) groups is 1. The fraction of sp³-hybridized carbons (Fsp3) is 0.562. The zero-order valence-electron chi connectivity index (χ0n) is 12.5. The number of halogens is 2. The van der Waals surface area contributed by atoms with E-state index in [2.05, 4.69) is 6.92 Å². The standard InChI is InChI=1S/C16H22Cl2N2O/c1-11-5-4-8-16(19,9-11)15(21)20(2)10-12-6-3-7-13(17)14(12)18/h3,6-7,11H,4-5,8-10,19H2,1-2H3. The van der Waals surface area contributed by atoms with Gasteiger partial charge in [-0.05, 0) is 30.4 Å². The van der Waals surface area contributed by atoms with Gasteiger partial charge in [0.25, 0.3) is 0 Å². The third-order valence-electron chi connectivity index (χ3n) is 4.24. The molecule has 1 saturated carbocycles. The maximum atomic E-state index is 12.7. The molecule has 0 saturated heterocycles. The lowest BCUT2D eigenvalue weighted by atomic mass is 9.76. The Morgan fingerprint density at radius 3 is 2.86 bits per heavy atom. The summed E-state index contributed by atoms with van der Waals surface area (Å²) in [5.41, 5.74) is 6.47. The van der Waals surface area contributed by atoms with Crippen LogP contribution in [0.3, 0.4) is 0 Å². The molecule has 1 aromatic rings. The molecule has 1 aliphatic carbocycles. The maximum Gasteiger partial charge on any atom is 0.242 e. The van der Waals surface area contributed by atoms with Crippen molar-refractivity contribution in [3.8, 4) is 0 Å². The van der Waals surface area contributed by atoms with E-state index in [0.29, 0.717) is 22.5 Å². The van der Waals surface area contributed by atoms with E-state index >= 15 is 0 Å². The Bertz CT molecular complexity index is 535. The minimum Gasteiger partial charge on any atom is -0.340 e. The lowest BCUT2D eigenvalue weighted by Crippen LogP contribution is -2.56. The number of carbonyl (C=O) groups excluding carboxylic acids is 1. The summed E-state index contributed by atoms with van der Waals surface area (Å²) in [4.78, 5) is 14.4. The van der Waals surface area contributed by atoms with E-state index < -0.39 is 5.54 Å². The normalized spacial score (nSPS) is 25.7. The lowest BCUT2D eigenvalue weighted by Gasteiger charge is -2.38. The summed E-state index contributed by atoms with van der Waals surface area (Å²) in [6, 6.07) is 5.45. The third kappa shape index (κ3) is 3.71. The van der Waals surface area contributed by atoms with Gasteiger partial charge in [0, 0.05) is 13.6 Å². The zero-order chi connectivity index (χ0) is 15.6. The van der Waals surface area contributed by atoms with Gasteiger partial charge in [0.15, 0.2) is 0 Å². The molecule has 1 aliphatic rings. The van der Waals surface area contributed by atoms with Gasteiger partial charge >= 0.3 is 0 Å². The van der Waals surface area contributed by atoms with Crippen LogP contribution < -0.4 is 5.73 Å². The van der Waals surface area contributed by atoms with Crippen LogP contribution in [0.4, 0.5) is 0 Å². The van der Waals surface area contributed by atoms with E-state index in [0.717, 1.165) is 31.2 Å². The van der Waals surface area contributed by atoms with E-state index in [1.165, 1.54) is 0 Å². The molecule has 116 valence electrons. The molecule has 0 aliphatic heterocycles. The van der Waals surface area contributed by atoms with Gasteiger partial charge in [-0.15, -0.1) is 0 Å². The number of hydrogen-bond acceptors (Lipinski definition) is 2. The lowest BCUT2D eigenvalue weighted by molar-refractivity contribution is -0.138. The van der Waals surface area contributed by atoms with E-state index in [4.69, 9.17) is 28.9 Å². The van der Waals surface area contributed by atoms with Crippen molar-refractivity contribution < 1.29 is 4.79 Å². The van der Waals surface area contributed by atoms with E-state index in [9.17, 15) is 4.79 Å². The number of benzene rings is 1. The first-order chi connectivity index (χ1) is 9.83. The van der Waals surface area contributed by atoms with Gasteiger partial charge in [-0.1, -0.05) is 55.1 Å². The van der Waals surface area contributed by atoms with E-state index in [-0.39, 0.29) is 5.91 Å². The average Bonchev–Trinajstić information content (AvgIpc) is 2.42. The summed E-state index contributed by atoms with van der Waals surface area (Å²) < 4.78 is 0. The fourth-order valence-electron chi connectivity index (χ4n) is 3.16. The molecule has 1 aromatic carbocycles. The number of likely N-dealkylation sites (N-methyl/N-ethyl adjacent to an activating group) is 1. The molecule has 3 nitrogen and oxygen atoms in total. The second-order valence-electron chi connectivity index (χ2n) is 6.23. The van der Waals surface area contributed by atoms with Crippen LogP contribution in [0.2, 0.25) is 10.0 Å². The van der Waals surface area contributed by atoms with Crippen molar-refractivity contribution in [1.29, 1.82) is 0 Å². The number of nitrogens with zero attached hydrogens (tertiary/aromatic N) is 1. The second-order valence-corrected chi connectivity index (χ2v) is 7.02. The summed E-state index contributed by atoms with van der Waals surface area (Å²) in [7, 11) is 1.77. The first-order valence-corrected chi connectivity index (χ1v) is 8.06. The van der Waals surface area contributed by atoms with Gasteiger partial charge in [-0.3, -0.25) is 4.79 Å². The van der Waals surface area contributed by atoms with Crippen LogP contribution >= 0.6 is 23.2 Å². The van der Waals surface area contributed by atoms with Crippen LogP contribution in [0, 0.1) is 5.92 Å². The molecule has 0 spiro atoms. The highest BCUT2D eigenvalue weighted by molar-refractivity contribution is 6.42. The number of hydrogen-bond donors (Lipinski definition) is 1. The van der Waals surface area contributed by atoms with Gasteiger partial charge < -0.3 is 10.6 Å². The molecule has 0 heterocycles. The zero-order valence-corrected chi connectivity index (χ0v) is 14.0. The van der Waals surface area contributed by atoms with Gasteiger partial charge in [0.2, 0.25) is 5.91 Å². The minimum atomic E-state index is -0.739. The number of nitrogens with two attached hydrogens (primary N) is 1. The van der Waals surface area contributed by atoms with Crippen molar-refractivity contribution in [3.05, 3.63) is 33.8 Å². The summed E-state index contributed by atoms with van der Waals surface area (Å²) in [5, 5.41) is 1.01. The quantitative estimate of drug-likeness (QED) is 0.915. The molecule has 0 bridgehead atoms. The van der Waals surface area contributed by atoms with Gasteiger partial charge in [0.05, 0.1) is 15.6 Å². The summed E-state index contributed by atoms with van der Waals surface area (Å²) in [5.74, 6) is 0.487. The molecule has 2 rings (SSSR count). The molecule has 21 heavy (non-hydrogen) atoms. The summed E-state index contributed by atoms with van der Waals surface area (Å²) >= 11 is 12.2. The molecular formula is C16H22Cl2N2O. The van der Waals surface area contributed by atoms with Crippen LogP contribution in [-0.2, 0) is 11.3 Å². The molecule has 5 heteroatoms. The number of rotatable bonds is 3. The molecule has 1 fully saturated rings. The monoisotopic (exact) mass is 328 g/mol. The second kappa shape index (κ2) is 6.55. The van der Waals surface area contributed by atoms with Crippen LogP contribution in [0.5, 0.6) is 0 Å². The smallest absolute Gasteiger partial charge is 0.242 e. The Morgan fingerprint density at radius 1 is 1.48 bits per heavy atom. The molecule has 0 radical (unpaired) electrons. The predicted molar refractivity (Wildman–Crippen MR) is 87.5 cm³/mol. The van der Waals surface area contributed by atoms with Gasteiger partial charge in [-0.2, -0.15) is 0 Å². The average molecular weight is 329 g/mol. The first kappa shape index (κ1) is 16.6. The SMILES string of the molecule is CC1CCCC(N)(C(=O)N(C)Cc2cccc(Cl)c2Cl)C1. The van der Waals surface area contributed by atoms with E-state index in [1.807, 2.05) is 12.1 Å². The van der Waals surface area contributed by atoms with Crippen molar-refractivity contribution in [3.63, 3.8) is 0 Å². The summed E-state index contributed by atoms with van der Waals surface area (Å²) in [6.07, 6.45) is 3.66. The number of amides is 1. The summed E-state index contributed by atoms with van der Waals surface area (Å²) in [6.45, 7) is 2.58. The van der Waals surface area contributed by atoms with Gasteiger partial charge in [-0.25, -0.2) is 0 Å². The molecule has 2 unspecified atom stereocenters. The van der Waals surface area contributed by atoms with Crippen LogP contribution in [0.25, 0.3) is 0 Å². The van der Waals surface area contributed by atoms with Crippen LogP contribution in [-0.4, -0.2) is 23.4 Å². The Labute approximate surface area is 136 Å². The van der Waals surface area contributed by atoms with Crippen molar-refractivity contribution in [2.24, 2.45) is 11.7 Å². The predicted octanol–water partition coefficient (Wildman–Crippen LogP) is 3.86. The van der Waals surface area contributed by atoms with Crippen molar-refractivity contribution in [2.75, 3.05) is 7.05 Å². The molecule has 1 amide bonds. The van der Waals surface area contributed by atoms with Crippen LogP contribution in [0.1, 0.15) is 38.2 Å². The van der Waals surface area contributed by atoms with Crippen molar-refractivity contribution in [1.82, 2.24) is 4.90 Å². The Hall–Kier alpha value is -0.770. The largest absolute Gasteiger partial charge is 0.340 e. The van der Waals surface area contributed by atoms with Crippen LogP contribution in [0.15, 0.2) is 18.2 Å². The highest BCUT2D eigenvalue weighted by atomic mass is 35.5. The topological polar surface area (TPSA) is 46.3 Å². The first-order valence-electron chi connectivity index (χ1n) is 7.31. The Morgan fingerprint density at radius 2 is 2.19 bits per heavy atom. The highest BCUT2D eigenvalue weighted by Crippen LogP contribution is 2.32. The Kier molecular flexibility index (Phi) is 5.18. The molecule has 2 atom stereocenters. The van der Waals surface area contributed by atoms with Gasteiger partial charge in [0.1, 0.15) is 0 Å². The van der Waals surface area contributed by atoms with Crippen molar-refractivity contribution >= 4 is 29.1 Å². The maximum absolute atomic E-state index is 12.7. The molecule has 0 aromatic heterocycles.